The number of fused-ring (bicyclic) bond motifs is 3. The van der Waals surface area contributed by atoms with Crippen LogP contribution in [-0.4, -0.2) is 38.3 Å². The lowest BCUT2D eigenvalue weighted by Crippen LogP contribution is -2.53. The zero-order valence-electron chi connectivity index (χ0n) is 19.4. The minimum Gasteiger partial charge on any atom is -0.497 e. The summed E-state index contributed by atoms with van der Waals surface area (Å²) in [4.78, 5) is 9.98. The summed E-state index contributed by atoms with van der Waals surface area (Å²) < 4.78 is 6.48. The fraction of sp³-hybridized carbons (Fsp3) is 0.321. The lowest BCUT2D eigenvalue weighted by Gasteiger charge is -2.47. The first-order valence-electron chi connectivity index (χ1n) is 11.8. The molecule has 4 aromatic rings. The standard InChI is InChI=1S/C28H27ClN3OS/c1-18-3-4-22(21-5-8-24(33-2)9-6-21)12-26(18)31-14-19-11-20(15-31)17-32(16-19)28-30-25-10-7-23(29)13-27(25)34-28/h3-10,13,19-20H,11,14-17H2,1-2H3. The second-order valence-electron chi connectivity index (χ2n) is 9.52. The smallest absolute Gasteiger partial charge is 0.186 e. The number of hydrogen-bond acceptors (Lipinski definition) is 5. The van der Waals surface area contributed by atoms with E-state index in [9.17, 15) is 0 Å². The normalized spacial score (nSPS) is 20.1. The third-order valence-corrected chi connectivity index (χ3v) is 8.35. The van der Waals surface area contributed by atoms with Crippen LogP contribution in [0.25, 0.3) is 21.3 Å². The molecule has 0 amide bonds. The average molecular weight is 489 g/mol. The Morgan fingerprint density at radius 2 is 1.71 bits per heavy atom. The molecule has 2 unspecified atom stereocenters. The van der Waals surface area contributed by atoms with Crippen molar-refractivity contribution < 1.29 is 4.74 Å². The molecular weight excluding hydrogens is 462 g/mol. The number of methoxy groups -OCH3 is 1. The van der Waals surface area contributed by atoms with Crippen molar-refractivity contribution in [1.29, 1.82) is 0 Å². The molecule has 2 aliphatic heterocycles. The highest BCUT2D eigenvalue weighted by Gasteiger charge is 2.35. The first-order valence-corrected chi connectivity index (χ1v) is 13.0. The third-order valence-electron chi connectivity index (χ3n) is 7.03. The predicted octanol–water partition coefficient (Wildman–Crippen LogP) is 6.70. The lowest BCUT2D eigenvalue weighted by atomic mass is 9.84. The Morgan fingerprint density at radius 3 is 2.44 bits per heavy atom. The van der Waals surface area contributed by atoms with E-state index in [1.807, 2.05) is 30.3 Å². The van der Waals surface area contributed by atoms with E-state index in [2.05, 4.69) is 47.1 Å². The SMILES string of the molecule is COc1ccc(-c2[c]c(N3CC4CC(CN(c5nc6ccc(Cl)cc6s5)C4)C3)c(C)cc2)cc1. The molecule has 1 aromatic heterocycles. The monoisotopic (exact) mass is 488 g/mol. The summed E-state index contributed by atoms with van der Waals surface area (Å²) in [6.45, 7) is 6.43. The number of hydrogen-bond donors (Lipinski definition) is 0. The van der Waals surface area contributed by atoms with E-state index in [0.29, 0.717) is 11.8 Å². The van der Waals surface area contributed by atoms with Crippen molar-refractivity contribution in [2.75, 3.05) is 43.1 Å². The Balaban J connectivity index is 1.22. The van der Waals surface area contributed by atoms with Crippen molar-refractivity contribution in [2.24, 2.45) is 11.8 Å². The van der Waals surface area contributed by atoms with Crippen LogP contribution in [0, 0.1) is 24.8 Å². The molecule has 2 aliphatic rings. The largest absolute Gasteiger partial charge is 0.497 e. The fourth-order valence-corrected chi connectivity index (χ4v) is 6.72. The number of benzene rings is 3. The fourth-order valence-electron chi connectivity index (χ4n) is 5.46. The van der Waals surface area contributed by atoms with E-state index >= 15 is 0 Å². The molecule has 2 atom stereocenters. The molecule has 1 radical (unpaired) electrons. The van der Waals surface area contributed by atoms with E-state index in [1.165, 1.54) is 27.9 Å². The van der Waals surface area contributed by atoms with Gasteiger partial charge in [-0.3, -0.25) is 0 Å². The maximum Gasteiger partial charge on any atom is 0.186 e. The van der Waals surface area contributed by atoms with Crippen LogP contribution in [-0.2, 0) is 0 Å². The highest BCUT2D eigenvalue weighted by Crippen LogP contribution is 2.38. The van der Waals surface area contributed by atoms with Gasteiger partial charge in [-0.15, -0.1) is 0 Å². The van der Waals surface area contributed by atoms with Gasteiger partial charge in [0.1, 0.15) is 5.75 Å². The molecule has 3 aromatic carbocycles. The molecule has 0 saturated carbocycles. The Kier molecular flexibility index (Phi) is 5.62. The van der Waals surface area contributed by atoms with Gasteiger partial charge in [-0.1, -0.05) is 47.2 Å². The number of ether oxygens (including phenoxy) is 1. The molecule has 2 saturated heterocycles. The second-order valence-corrected chi connectivity index (χ2v) is 11.0. The number of aryl methyl sites for hydroxylation is 1. The molecule has 173 valence electrons. The van der Waals surface area contributed by atoms with Crippen molar-refractivity contribution in [3.8, 4) is 16.9 Å². The first-order chi connectivity index (χ1) is 16.6. The number of nitrogens with zero attached hydrogens (tertiary/aromatic N) is 3. The van der Waals surface area contributed by atoms with Crippen LogP contribution < -0.4 is 14.5 Å². The topological polar surface area (TPSA) is 28.6 Å². The van der Waals surface area contributed by atoms with Gasteiger partial charge in [-0.2, -0.15) is 0 Å². The van der Waals surface area contributed by atoms with Gasteiger partial charge in [0.25, 0.3) is 0 Å². The van der Waals surface area contributed by atoms with Gasteiger partial charge in [0, 0.05) is 43.0 Å². The van der Waals surface area contributed by atoms with Crippen molar-refractivity contribution in [3.05, 3.63) is 71.2 Å². The highest BCUT2D eigenvalue weighted by atomic mass is 35.5. The van der Waals surface area contributed by atoms with Crippen LogP contribution in [0.3, 0.4) is 0 Å². The van der Waals surface area contributed by atoms with Gasteiger partial charge in [0.2, 0.25) is 0 Å². The van der Waals surface area contributed by atoms with Crippen LogP contribution in [0.15, 0.2) is 54.6 Å². The van der Waals surface area contributed by atoms with E-state index in [0.717, 1.165) is 53.2 Å². The van der Waals surface area contributed by atoms with Gasteiger partial charge in [0.15, 0.2) is 5.13 Å². The first kappa shape index (κ1) is 21.8. The Morgan fingerprint density at radius 1 is 0.971 bits per heavy atom. The second kappa shape index (κ2) is 8.79. The van der Waals surface area contributed by atoms with Crippen LogP contribution in [0.4, 0.5) is 10.8 Å². The minimum absolute atomic E-state index is 0.626. The molecule has 34 heavy (non-hydrogen) atoms. The van der Waals surface area contributed by atoms with Gasteiger partial charge >= 0.3 is 0 Å². The molecular formula is C28H27ClN3OS. The molecule has 6 rings (SSSR count). The van der Waals surface area contributed by atoms with Crippen LogP contribution in [0.5, 0.6) is 5.75 Å². The van der Waals surface area contributed by atoms with Gasteiger partial charge in [-0.25, -0.2) is 4.98 Å². The quantitative estimate of drug-likeness (QED) is 0.319. The number of rotatable bonds is 4. The van der Waals surface area contributed by atoms with E-state index in [1.54, 1.807) is 18.4 Å². The molecule has 6 heteroatoms. The van der Waals surface area contributed by atoms with Crippen molar-refractivity contribution in [2.45, 2.75) is 13.3 Å². The minimum atomic E-state index is 0.626. The summed E-state index contributed by atoms with van der Waals surface area (Å²) in [6.07, 6.45) is 1.29. The van der Waals surface area contributed by atoms with E-state index in [-0.39, 0.29) is 0 Å². The Labute approximate surface area is 209 Å². The van der Waals surface area contributed by atoms with Gasteiger partial charge in [0.05, 0.1) is 17.3 Å². The predicted molar refractivity (Wildman–Crippen MR) is 143 cm³/mol. The van der Waals surface area contributed by atoms with Crippen LogP contribution in [0.2, 0.25) is 5.02 Å². The summed E-state index contributed by atoms with van der Waals surface area (Å²) >= 11 is 7.95. The van der Waals surface area contributed by atoms with Crippen molar-refractivity contribution in [1.82, 2.24) is 4.98 Å². The van der Waals surface area contributed by atoms with Gasteiger partial charge in [-0.05, 0) is 72.2 Å². The van der Waals surface area contributed by atoms with Crippen molar-refractivity contribution in [3.63, 3.8) is 0 Å². The highest BCUT2D eigenvalue weighted by molar-refractivity contribution is 7.22. The lowest BCUT2D eigenvalue weighted by molar-refractivity contribution is 0.276. The molecule has 2 fully saturated rings. The maximum absolute atomic E-state index is 6.19. The number of aromatic nitrogens is 1. The average Bonchev–Trinajstić information content (AvgIpc) is 3.27. The third kappa shape index (κ3) is 4.12. The summed E-state index contributed by atoms with van der Waals surface area (Å²) in [5.41, 5.74) is 5.88. The van der Waals surface area contributed by atoms with Crippen LogP contribution in [0.1, 0.15) is 12.0 Å². The number of anilines is 2. The maximum atomic E-state index is 6.19. The summed E-state index contributed by atoms with van der Waals surface area (Å²) in [6, 6.07) is 22.4. The molecule has 2 bridgehead atoms. The molecule has 3 heterocycles. The summed E-state index contributed by atoms with van der Waals surface area (Å²) in [5, 5.41) is 1.90. The number of thiazole rings is 1. The molecule has 0 aliphatic carbocycles. The Bertz CT molecular complexity index is 1320. The molecule has 4 nitrogen and oxygen atoms in total. The summed E-state index contributed by atoms with van der Waals surface area (Å²) in [7, 11) is 1.70. The van der Waals surface area contributed by atoms with Gasteiger partial charge < -0.3 is 14.5 Å². The summed E-state index contributed by atoms with van der Waals surface area (Å²) in [5.74, 6) is 2.13. The zero-order valence-corrected chi connectivity index (χ0v) is 21.0. The van der Waals surface area contributed by atoms with Crippen molar-refractivity contribution >= 4 is 44.0 Å². The zero-order chi connectivity index (χ0) is 23.2. The van der Waals surface area contributed by atoms with E-state index in [4.69, 9.17) is 21.3 Å². The van der Waals surface area contributed by atoms with Crippen LogP contribution >= 0.6 is 22.9 Å². The van der Waals surface area contributed by atoms with E-state index < -0.39 is 0 Å². The Hall–Kier alpha value is -2.76. The number of halogens is 1. The number of piperidine rings is 2. The molecule has 0 N–H and O–H groups in total. The molecule has 0 spiro atoms.